The summed E-state index contributed by atoms with van der Waals surface area (Å²) in [4.78, 5) is 22.2. The average Bonchev–Trinajstić information content (AvgIpc) is 2.33. The molecule has 0 heterocycles. The molecule has 106 valence electrons. The van der Waals surface area contributed by atoms with E-state index in [0.29, 0.717) is 26.0 Å². The van der Waals surface area contributed by atoms with Crippen LogP contribution in [0.25, 0.3) is 0 Å². The lowest BCUT2D eigenvalue weighted by molar-refractivity contribution is -0.139. The molecule has 6 heteroatoms. The minimum atomic E-state index is -1.00. The van der Waals surface area contributed by atoms with Gasteiger partial charge in [-0.1, -0.05) is 20.3 Å². The quantitative estimate of drug-likeness (QED) is 0.517. The van der Waals surface area contributed by atoms with Crippen LogP contribution in [0.3, 0.4) is 0 Å². The largest absolute Gasteiger partial charge is 0.480 e. The van der Waals surface area contributed by atoms with E-state index in [0.717, 1.165) is 19.4 Å². The number of carboxylic acids is 1. The van der Waals surface area contributed by atoms with E-state index in [-0.39, 0.29) is 0 Å². The molecule has 0 radical (unpaired) electrons. The van der Waals surface area contributed by atoms with E-state index >= 15 is 0 Å². The lowest BCUT2D eigenvalue weighted by Crippen LogP contribution is -2.46. The first-order valence-electron chi connectivity index (χ1n) is 6.46. The Bertz CT molecular complexity index is 246. The number of nitrogens with one attached hydrogen (secondary N) is 2. The number of carbonyl (C=O) groups excluding carboxylic acids is 1. The molecule has 2 amide bonds. The van der Waals surface area contributed by atoms with Gasteiger partial charge in [0.2, 0.25) is 0 Å². The second-order valence-corrected chi connectivity index (χ2v) is 4.05. The van der Waals surface area contributed by atoms with Crippen LogP contribution in [0.2, 0.25) is 0 Å². The van der Waals surface area contributed by atoms with Crippen LogP contribution in [0.15, 0.2) is 0 Å². The lowest BCUT2D eigenvalue weighted by atomic mass is 10.2. The molecule has 1 atom stereocenters. The van der Waals surface area contributed by atoms with E-state index in [4.69, 9.17) is 9.84 Å². The van der Waals surface area contributed by atoms with Crippen LogP contribution in [-0.2, 0) is 9.53 Å². The van der Waals surface area contributed by atoms with Gasteiger partial charge < -0.3 is 20.5 Å². The summed E-state index contributed by atoms with van der Waals surface area (Å²) in [5.74, 6) is -1.00. The van der Waals surface area contributed by atoms with Crippen LogP contribution in [-0.4, -0.2) is 42.9 Å². The van der Waals surface area contributed by atoms with Gasteiger partial charge in [-0.2, -0.15) is 0 Å². The number of ether oxygens (including phenoxy) is 1. The Morgan fingerprint density at radius 3 is 2.50 bits per heavy atom. The standard InChI is InChI=1S/C12H24N2O4/c1-3-6-10(11(15)16)14-12(17)13-7-5-9-18-8-4-2/h10H,3-9H2,1-2H3,(H,15,16)(H2,13,14,17). The number of aliphatic carboxylic acids is 1. The van der Waals surface area contributed by atoms with Crippen molar-refractivity contribution in [2.45, 2.75) is 45.6 Å². The summed E-state index contributed by atoms with van der Waals surface area (Å²) in [6.45, 7) is 5.72. The molecule has 0 bridgehead atoms. The predicted octanol–water partition coefficient (Wildman–Crippen LogP) is 1.36. The summed E-state index contributed by atoms with van der Waals surface area (Å²) >= 11 is 0. The third-order valence-corrected chi connectivity index (χ3v) is 2.28. The molecule has 1 unspecified atom stereocenters. The highest BCUT2D eigenvalue weighted by Crippen LogP contribution is 1.96. The fraction of sp³-hybridized carbons (Fsp3) is 0.833. The Hall–Kier alpha value is -1.30. The minimum Gasteiger partial charge on any atom is -0.480 e. The minimum absolute atomic E-state index is 0.433. The van der Waals surface area contributed by atoms with Crippen LogP contribution in [0.1, 0.15) is 39.5 Å². The van der Waals surface area contributed by atoms with Crippen molar-refractivity contribution in [3.63, 3.8) is 0 Å². The maximum atomic E-state index is 11.4. The number of amides is 2. The SMILES string of the molecule is CCCOCCCNC(=O)NC(CCC)C(=O)O. The second-order valence-electron chi connectivity index (χ2n) is 4.05. The third kappa shape index (κ3) is 8.81. The number of hydrogen-bond donors (Lipinski definition) is 3. The maximum absolute atomic E-state index is 11.4. The van der Waals surface area contributed by atoms with Crippen LogP contribution in [0.4, 0.5) is 4.79 Å². The molecular formula is C12H24N2O4. The van der Waals surface area contributed by atoms with E-state index in [2.05, 4.69) is 10.6 Å². The predicted molar refractivity (Wildman–Crippen MR) is 68.6 cm³/mol. The smallest absolute Gasteiger partial charge is 0.326 e. The molecule has 0 saturated carbocycles. The van der Waals surface area contributed by atoms with Crippen molar-refractivity contribution >= 4 is 12.0 Å². The summed E-state index contributed by atoms with van der Waals surface area (Å²) in [6, 6.07) is -1.25. The zero-order valence-electron chi connectivity index (χ0n) is 11.2. The average molecular weight is 260 g/mol. The number of rotatable bonds is 10. The van der Waals surface area contributed by atoms with Crippen molar-refractivity contribution in [2.24, 2.45) is 0 Å². The van der Waals surface area contributed by atoms with Crippen molar-refractivity contribution in [3.05, 3.63) is 0 Å². The Morgan fingerprint density at radius 2 is 1.94 bits per heavy atom. The number of urea groups is 1. The molecule has 0 aromatic rings. The molecule has 0 spiro atoms. The van der Waals surface area contributed by atoms with Gasteiger partial charge >= 0.3 is 12.0 Å². The molecule has 0 saturated heterocycles. The topological polar surface area (TPSA) is 87.7 Å². The zero-order chi connectivity index (χ0) is 13.8. The molecule has 18 heavy (non-hydrogen) atoms. The molecule has 0 aliphatic rings. The number of carbonyl (C=O) groups is 2. The Balaban J connectivity index is 3.65. The van der Waals surface area contributed by atoms with Crippen molar-refractivity contribution in [1.29, 1.82) is 0 Å². The lowest BCUT2D eigenvalue weighted by Gasteiger charge is -2.14. The maximum Gasteiger partial charge on any atom is 0.326 e. The van der Waals surface area contributed by atoms with Crippen LogP contribution < -0.4 is 10.6 Å². The number of hydrogen-bond acceptors (Lipinski definition) is 3. The Morgan fingerprint density at radius 1 is 1.22 bits per heavy atom. The van der Waals surface area contributed by atoms with Gasteiger partial charge in [0, 0.05) is 19.8 Å². The van der Waals surface area contributed by atoms with Gasteiger partial charge in [0.15, 0.2) is 0 Å². The first-order valence-corrected chi connectivity index (χ1v) is 6.46. The number of carboxylic acid groups (broad SMARTS) is 1. The molecule has 0 aliphatic carbocycles. The third-order valence-electron chi connectivity index (χ3n) is 2.28. The highest BCUT2D eigenvalue weighted by atomic mass is 16.5. The van der Waals surface area contributed by atoms with Crippen molar-refractivity contribution < 1.29 is 19.4 Å². The van der Waals surface area contributed by atoms with E-state index in [9.17, 15) is 9.59 Å². The van der Waals surface area contributed by atoms with Crippen LogP contribution >= 0.6 is 0 Å². The molecule has 0 aromatic heterocycles. The Kier molecular flexibility index (Phi) is 10.0. The highest BCUT2D eigenvalue weighted by Gasteiger charge is 2.18. The van der Waals surface area contributed by atoms with Crippen molar-refractivity contribution in [2.75, 3.05) is 19.8 Å². The van der Waals surface area contributed by atoms with Gasteiger partial charge in [-0.3, -0.25) is 0 Å². The first kappa shape index (κ1) is 16.7. The second kappa shape index (κ2) is 10.8. The molecular weight excluding hydrogens is 236 g/mol. The molecule has 0 aromatic carbocycles. The molecule has 6 nitrogen and oxygen atoms in total. The first-order chi connectivity index (χ1) is 8.61. The fourth-order valence-electron chi connectivity index (χ4n) is 1.38. The highest BCUT2D eigenvalue weighted by molar-refractivity contribution is 5.82. The van der Waals surface area contributed by atoms with E-state index in [1.807, 2.05) is 13.8 Å². The Labute approximate surface area is 108 Å². The fourth-order valence-corrected chi connectivity index (χ4v) is 1.38. The van der Waals surface area contributed by atoms with Crippen molar-refractivity contribution in [3.8, 4) is 0 Å². The van der Waals surface area contributed by atoms with Crippen molar-refractivity contribution in [1.82, 2.24) is 10.6 Å². The van der Waals surface area contributed by atoms with Gasteiger partial charge in [-0.25, -0.2) is 9.59 Å². The monoisotopic (exact) mass is 260 g/mol. The molecule has 3 N–H and O–H groups in total. The van der Waals surface area contributed by atoms with Gasteiger partial charge in [0.25, 0.3) is 0 Å². The summed E-state index contributed by atoms with van der Waals surface area (Å²) in [6.07, 6.45) is 2.84. The van der Waals surface area contributed by atoms with Crippen LogP contribution in [0.5, 0.6) is 0 Å². The summed E-state index contributed by atoms with van der Waals surface area (Å²) in [5, 5.41) is 13.9. The molecule has 0 fully saturated rings. The summed E-state index contributed by atoms with van der Waals surface area (Å²) in [5.41, 5.74) is 0. The molecule has 0 aliphatic heterocycles. The van der Waals surface area contributed by atoms with Gasteiger partial charge in [-0.05, 0) is 19.3 Å². The van der Waals surface area contributed by atoms with E-state index in [1.54, 1.807) is 0 Å². The molecule has 0 rings (SSSR count). The van der Waals surface area contributed by atoms with Gasteiger partial charge in [0.05, 0.1) is 0 Å². The van der Waals surface area contributed by atoms with Crippen LogP contribution in [0, 0.1) is 0 Å². The van der Waals surface area contributed by atoms with Gasteiger partial charge in [-0.15, -0.1) is 0 Å². The zero-order valence-corrected chi connectivity index (χ0v) is 11.2. The normalized spacial score (nSPS) is 11.9. The van der Waals surface area contributed by atoms with E-state index in [1.165, 1.54) is 0 Å². The van der Waals surface area contributed by atoms with Gasteiger partial charge in [0.1, 0.15) is 6.04 Å². The summed E-state index contributed by atoms with van der Waals surface area (Å²) < 4.78 is 5.26. The van der Waals surface area contributed by atoms with E-state index < -0.39 is 18.0 Å². The summed E-state index contributed by atoms with van der Waals surface area (Å²) in [7, 11) is 0.